The quantitative estimate of drug-likeness (QED) is 0.274. The van der Waals surface area contributed by atoms with Gasteiger partial charge in [-0.05, 0) is 12.8 Å². The van der Waals surface area contributed by atoms with Gasteiger partial charge >= 0.3 is 0 Å². The molecule has 14 heavy (non-hydrogen) atoms. The van der Waals surface area contributed by atoms with Gasteiger partial charge in [0.25, 0.3) is 0 Å². The first-order valence-corrected chi connectivity index (χ1v) is 7.69. The van der Waals surface area contributed by atoms with Crippen LogP contribution >= 0.6 is 22.6 Å². The van der Waals surface area contributed by atoms with Gasteiger partial charge in [-0.25, -0.2) is 0 Å². The molecule has 0 radical (unpaired) electrons. The molecule has 0 amide bonds. The van der Waals surface area contributed by atoms with Gasteiger partial charge in [0.2, 0.25) is 0 Å². The summed E-state index contributed by atoms with van der Waals surface area (Å²) < 4.78 is 0.924. The molecule has 0 rings (SSSR count). The third-order valence-electron chi connectivity index (χ3n) is 2.81. The smallest absolute Gasteiger partial charge is 0.0107 e. The SMILES string of the molecule is CCCCCCCCCCC(I)CC. The van der Waals surface area contributed by atoms with Crippen molar-refractivity contribution in [2.45, 2.75) is 82.0 Å². The molecule has 0 aromatic heterocycles. The molecule has 0 N–H and O–H groups in total. The van der Waals surface area contributed by atoms with E-state index in [0.29, 0.717) is 0 Å². The summed E-state index contributed by atoms with van der Waals surface area (Å²) in [6.07, 6.45) is 14.4. The number of unbranched alkanes of at least 4 members (excludes halogenated alkanes) is 7. The highest BCUT2D eigenvalue weighted by Gasteiger charge is 1.99. The van der Waals surface area contributed by atoms with Crippen molar-refractivity contribution in [2.24, 2.45) is 0 Å². The van der Waals surface area contributed by atoms with Gasteiger partial charge in [0.15, 0.2) is 0 Å². The molecule has 0 saturated carbocycles. The Balaban J connectivity index is 2.92. The third kappa shape index (κ3) is 10.8. The average Bonchev–Trinajstić information content (AvgIpc) is 2.21. The maximum Gasteiger partial charge on any atom is 0.0107 e. The Bertz CT molecular complexity index is 101. The molecular formula is C13H27I. The van der Waals surface area contributed by atoms with Crippen LogP contribution in [0.1, 0.15) is 78.1 Å². The highest BCUT2D eigenvalue weighted by atomic mass is 127. The summed E-state index contributed by atoms with van der Waals surface area (Å²) in [7, 11) is 0. The molecule has 1 atom stereocenters. The summed E-state index contributed by atoms with van der Waals surface area (Å²) in [6.45, 7) is 4.58. The van der Waals surface area contributed by atoms with Gasteiger partial charge in [-0.1, -0.05) is 87.8 Å². The van der Waals surface area contributed by atoms with E-state index < -0.39 is 0 Å². The Morgan fingerprint density at radius 2 is 1.29 bits per heavy atom. The molecule has 0 saturated heterocycles. The van der Waals surface area contributed by atoms with E-state index in [0.717, 1.165) is 3.92 Å². The summed E-state index contributed by atoms with van der Waals surface area (Å²) in [6, 6.07) is 0. The van der Waals surface area contributed by atoms with E-state index in [1.165, 1.54) is 64.2 Å². The molecule has 0 heterocycles. The number of rotatable bonds is 10. The largest absolute Gasteiger partial charge is 0.0826 e. The maximum absolute atomic E-state index is 2.58. The summed E-state index contributed by atoms with van der Waals surface area (Å²) in [4.78, 5) is 0. The molecule has 1 unspecified atom stereocenters. The molecule has 0 spiro atoms. The van der Waals surface area contributed by atoms with Gasteiger partial charge < -0.3 is 0 Å². The van der Waals surface area contributed by atoms with Crippen LogP contribution in [0.2, 0.25) is 0 Å². The van der Waals surface area contributed by atoms with E-state index in [-0.39, 0.29) is 0 Å². The van der Waals surface area contributed by atoms with Crippen LogP contribution in [0.5, 0.6) is 0 Å². The molecule has 0 bridgehead atoms. The lowest BCUT2D eigenvalue weighted by Crippen LogP contribution is -1.94. The Morgan fingerprint density at radius 1 is 0.786 bits per heavy atom. The molecule has 0 fully saturated rings. The maximum atomic E-state index is 2.58. The van der Waals surface area contributed by atoms with Crippen LogP contribution in [-0.4, -0.2) is 3.92 Å². The molecule has 0 aromatic rings. The molecule has 1 heteroatoms. The second-order valence-corrected chi connectivity index (χ2v) is 6.03. The van der Waals surface area contributed by atoms with Crippen molar-refractivity contribution in [1.29, 1.82) is 0 Å². The first-order chi connectivity index (χ1) is 6.81. The Morgan fingerprint density at radius 3 is 1.79 bits per heavy atom. The van der Waals surface area contributed by atoms with Crippen LogP contribution in [0.15, 0.2) is 0 Å². The average molecular weight is 310 g/mol. The molecule has 0 aliphatic rings. The van der Waals surface area contributed by atoms with E-state index >= 15 is 0 Å². The van der Waals surface area contributed by atoms with Crippen molar-refractivity contribution in [1.82, 2.24) is 0 Å². The summed E-state index contributed by atoms with van der Waals surface area (Å²) >= 11 is 2.58. The molecular weight excluding hydrogens is 283 g/mol. The van der Waals surface area contributed by atoms with E-state index in [2.05, 4.69) is 36.4 Å². The Labute approximate surface area is 104 Å². The fraction of sp³-hybridized carbons (Fsp3) is 1.00. The fourth-order valence-corrected chi connectivity index (χ4v) is 2.14. The minimum atomic E-state index is 0.924. The van der Waals surface area contributed by atoms with Crippen molar-refractivity contribution in [3.8, 4) is 0 Å². The van der Waals surface area contributed by atoms with Crippen molar-refractivity contribution in [3.63, 3.8) is 0 Å². The number of hydrogen-bond donors (Lipinski definition) is 0. The van der Waals surface area contributed by atoms with Crippen LogP contribution in [0.25, 0.3) is 0 Å². The predicted octanol–water partition coefficient (Wildman–Crippen LogP) is 5.73. The minimum Gasteiger partial charge on any atom is -0.0826 e. The van der Waals surface area contributed by atoms with Gasteiger partial charge in [-0.3, -0.25) is 0 Å². The van der Waals surface area contributed by atoms with E-state index in [1.54, 1.807) is 0 Å². The molecule has 86 valence electrons. The fourth-order valence-electron chi connectivity index (χ4n) is 1.70. The van der Waals surface area contributed by atoms with Crippen LogP contribution < -0.4 is 0 Å². The lowest BCUT2D eigenvalue weighted by atomic mass is 10.1. The monoisotopic (exact) mass is 310 g/mol. The summed E-state index contributed by atoms with van der Waals surface area (Å²) in [5.41, 5.74) is 0. The number of halogens is 1. The van der Waals surface area contributed by atoms with Crippen LogP contribution in [0.4, 0.5) is 0 Å². The Kier molecular flexibility index (Phi) is 12.4. The standard InChI is InChI=1S/C13H27I/c1-3-5-6-7-8-9-10-11-12-13(14)4-2/h13H,3-12H2,1-2H3. The van der Waals surface area contributed by atoms with Gasteiger partial charge in [-0.2, -0.15) is 0 Å². The van der Waals surface area contributed by atoms with E-state index in [9.17, 15) is 0 Å². The van der Waals surface area contributed by atoms with Crippen molar-refractivity contribution >= 4 is 22.6 Å². The second-order valence-electron chi connectivity index (χ2n) is 4.27. The first-order valence-electron chi connectivity index (χ1n) is 6.45. The zero-order chi connectivity index (χ0) is 10.6. The third-order valence-corrected chi connectivity index (χ3v) is 4.32. The van der Waals surface area contributed by atoms with Crippen molar-refractivity contribution in [2.75, 3.05) is 0 Å². The summed E-state index contributed by atoms with van der Waals surface area (Å²) in [5.74, 6) is 0. The summed E-state index contributed by atoms with van der Waals surface area (Å²) in [5, 5.41) is 0. The lowest BCUT2D eigenvalue weighted by molar-refractivity contribution is 0.561. The topological polar surface area (TPSA) is 0 Å². The van der Waals surface area contributed by atoms with E-state index in [1.807, 2.05) is 0 Å². The molecule has 0 aromatic carbocycles. The number of alkyl halides is 1. The number of hydrogen-bond acceptors (Lipinski definition) is 0. The predicted molar refractivity (Wildman–Crippen MR) is 75.3 cm³/mol. The molecule has 0 nitrogen and oxygen atoms in total. The van der Waals surface area contributed by atoms with Crippen molar-refractivity contribution in [3.05, 3.63) is 0 Å². The van der Waals surface area contributed by atoms with Crippen molar-refractivity contribution < 1.29 is 0 Å². The molecule has 0 aliphatic carbocycles. The highest BCUT2D eigenvalue weighted by Crippen LogP contribution is 2.16. The van der Waals surface area contributed by atoms with Gasteiger partial charge in [0.1, 0.15) is 0 Å². The second kappa shape index (κ2) is 11.8. The van der Waals surface area contributed by atoms with Gasteiger partial charge in [0, 0.05) is 3.92 Å². The normalized spacial score (nSPS) is 13.1. The minimum absolute atomic E-state index is 0.924. The van der Waals surface area contributed by atoms with Crippen LogP contribution in [0.3, 0.4) is 0 Å². The van der Waals surface area contributed by atoms with Crippen LogP contribution in [0, 0.1) is 0 Å². The lowest BCUT2D eigenvalue weighted by Gasteiger charge is -2.05. The first kappa shape index (κ1) is 14.7. The Hall–Kier alpha value is 0.730. The highest BCUT2D eigenvalue weighted by molar-refractivity contribution is 14.1. The molecule has 0 aliphatic heterocycles. The zero-order valence-electron chi connectivity index (χ0n) is 10.0. The zero-order valence-corrected chi connectivity index (χ0v) is 12.2. The van der Waals surface area contributed by atoms with Gasteiger partial charge in [-0.15, -0.1) is 0 Å². The van der Waals surface area contributed by atoms with Crippen LogP contribution in [-0.2, 0) is 0 Å². The van der Waals surface area contributed by atoms with E-state index in [4.69, 9.17) is 0 Å². The van der Waals surface area contributed by atoms with Gasteiger partial charge in [0.05, 0.1) is 0 Å².